The van der Waals surface area contributed by atoms with E-state index < -0.39 is 5.91 Å². The van der Waals surface area contributed by atoms with Crippen molar-refractivity contribution in [3.8, 4) is 0 Å². The predicted octanol–water partition coefficient (Wildman–Crippen LogP) is 3.50. The quantitative estimate of drug-likeness (QED) is 0.698. The number of hydrogen-bond acceptors (Lipinski definition) is 3. The minimum Gasteiger partial charge on any atom is -0.365 e. The van der Waals surface area contributed by atoms with Crippen LogP contribution < -0.4 is 5.73 Å². The van der Waals surface area contributed by atoms with Gasteiger partial charge in [-0.1, -0.05) is 54.1 Å². The summed E-state index contributed by atoms with van der Waals surface area (Å²) in [5, 5.41) is 7.63. The fourth-order valence-electron chi connectivity index (χ4n) is 2.33. The number of rotatable bonds is 5. The van der Waals surface area contributed by atoms with Crippen LogP contribution in [-0.4, -0.2) is 22.3 Å². The van der Waals surface area contributed by atoms with Gasteiger partial charge in [-0.2, -0.15) is 5.10 Å². The minimum atomic E-state index is -0.562. The number of H-pyrrole nitrogens is 1. The maximum absolute atomic E-state index is 11.8. The van der Waals surface area contributed by atoms with Gasteiger partial charge in [-0.05, 0) is 23.3 Å². The average molecular weight is 339 g/mol. The second kappa shape index (κ2) is 7.10. The number of halogens is 1. The first-order valence-corrected chi connectivity index (χ1v) is 7.72. The van der Waals surface area contributed by atoms with E-state index >= 15 is 0 Å². The monoisotopic (exact) mass is 338 g/mol. The van der Waals surface area contributed by atoms with E-state index in [2.05, 4.69) is 15.2 Å². The third-order valence-electron chi connectivity index (χ3n) is 3.50. The third kappa shape index (κ3) is 3.70. The van der Waals surface area contributed by atoms with Gasteiger partial charge in [0.1, 0.15) is 5.56 Å². The summed E-state index contributed by atoms with van der Waals surface area (Å²) < 4.78 is 0. The standard InChI is InChI=1S/C18H15ClN4O/c19-14-8-6-12(7-9-14)10-15-16(17(20)24)18(23-22-15)21-11-13-4-2-1-3-5-13/h1-9,11H,10H2,(H2,20,24)(H,22,23). The molecule has 0 atom stereocenters. The third-order valence-corrected chi connectivity index (χ3v) is 3.75. The van der Waals surface area contributed by atoms with E-state index in [-0.39, 0.29) is 5.82 Å². The Morgan fingerprint density at radius 1 is 1.17 bits per heavy atom. The zero-order chi connectivity index (χ0) is 16.9. The Hall–Kier alpha value is -2.92. The van der Waals surface area contributed by atoms with Gasteiger partial charge in [-0.25, -0.2) is 4.99 Å². The molecule has 120 valence electrons. The minimum absolute atomic E-state index is 0.287. The Morgan fingerprint density at radius 3 is 2.54 bits per heavy atom. The number of hydrogen-bond donors (Lipinski definition) is 2. The van der Waals surface area contributed by atoms with Crippen molar-refractivity contribution in [1.29, 1.82) is 0 Å². The first-order chi connectivity index (χ1) is 11.6. The molecule has 3 aromatic rings. The first kappa shape index (κ1) is 16.0. The summed E-state index contributed by atoms with van der Waals surface area (Å²) in [5.41, 5.74) is 8.35. The number of benzene rings is 2. The largest absolute Gasteiger partial charge is 0.365 e. The van der Waals surface area contributed by atoms with Crippen LogP contribution in [0.15, 0.2) is 59.6 Å². The molecule has 0 saturated carbocycles. The van der Waals surface area contributed by atoms with Crippen LogP contribution >= 0.6 is 11.6 Å². The number of aromatic nitrogens is 2. The van der Waals surface area contributed by atoms with E-state index in [1.54, 1.807) is 18.3 Å². The molecule has 3 rings (SSSR count). The van der Waals surface area contributed by atoms with Crippen LogP contribution in [0, 0.1) is 0 Å². The molecule has 0 saturated heterocycles. The predicted molar refractivity (Wildman–Crippen MR) is 95.1 cm³/mol. The lowest BCUT2D eigenvalue weighted by molar-refractivity contribution is 0.100. The van der Waals surface area contributed by atoms with Crippen LogP contribution in [0.5, 0.6) is 0 Å². The van der Waals surface area contributed by atoms with Crippen molar-refractivity contribution >= 4 is 29.5 Å². The SMILES string of the molecule is NC(=O)c1c(N=Cc2ccccc2)n[nH]c1Cc1ccc(Cl)cc1. The molecule has 1 heterocycles. The molecule has 2 aromatic carbocycles. The molecule has 1 aromatic heterocycles. The Kier molecular flexibility index (Phi) is 4.72. The van der Waals surface area contributed by atoms with Crippen molar-refractivity contribution in [2.45, 2.75) is 6.42 Å². The number of carbonyl (C=O) groups excluding carboxylic acids is 1. The molecular formula is C18H15ClN4O. The Labute approximate surface area is 144 Å². The highest BCUT2D eigenvalue weighted by Crippen LogP contribution is 2.22. The molecule has 0 unspecified atom stereocenters. The highest BCUT2D eigenvalue weighted by molar-refractivity contribution is 6.30. The highest BCUT2D eigenvalue weighted by atomic mass is 35.5. The van der Waals surface area contributed by atoms with E-state index in [9.17, 15) is 4.79 Å². The Morgan fingerprint density at radius 2 is 1.88 bits per heavy atom. The number of nitrogens with two attached hydrogens (primary N) is 1. The molecule has 0 fully saturated rings. The Bertz CT molecular complexity index is 870. The molecule has 24 heavy (non-hydrogen) atoms. The van der Waals surface area contributed by atoms with Crippen molar-refractivity contribution < 1.29 is 4.79 Å². The van der Waals surface area contributed by atoms with Crippen LogP contribution in [0.3, 0.4) is 0 Å². The zero-order valence-corrected chi connectivity index (χ0v) is 13.5. The van der Waals surface area contributed by atoms with Gasteiger partial charge < -0.3 is 5.73 Å². The van der Waals surface area contributed by atoms with Crippen LogP contribution in [0.2, 0.25) is 5.02 Å². The fourth-order valence-corrected chi connectivity index (χ4v) is 2.45. The van der Waals surface area contributed by atoms with Gasteiger partial charge in [0.25, 0.3) is 5.91 Å². The van der Waals surface area contributed by atoms with E-state index in [1.807, 2.05) is 42.5 Å². The van der Waals surface area contributed by atoms with E-state index in [0.717, 1.165) is 11.1 Å². The average Bonchev–Trinajstić information content (AvgIpc) is 2.99. The van der Waals surface area contributed by atoms with Gasteiger partial charge in [0.2, 0.25) is 0 Å². The highest BCUT2D eigenvalue weighted by Gasteiger charge is 2.17. The zero-order valence-electron chi connectivity index (χ0n) is 12.7. The molecule has 0 spiro atoms. The molecule has 0 bridgehead atoms. The van der Waals surface area contributed by atoms with Crippen molar-refractivity contribution in [3.63, 3.8) is 0 Å². The smallest absolute Gasteiger partial charge is 0.254 e. The summed E-state index contributed by atoms with van der Waals surface area (Å²) in [6, 6.07) is 16.9. The molecule has 3 N–H and O–H groups in total. The molecule has 1 amide bonds. The number of aliphatic imine (C=N–C) groups is 1. The normalized spacial score (nSPS) is 11.0. The number of carbonyl (C=O) groups is 1. The lowest BCUT2D eigenvalue weighted by Gasteiger charge is -2.01. The van der Waals surface area contributed by atoms with Gasteiger partial charge in [0.15, 0.2) is 5.82 Å². The number of primary amides is 1. The molecule has 0 aliphatic carbocycles. The first-order valence-electron chi connectivity index (χ1n) is 7.34. The van der Waals surface area contributed by atoms with Crippen LogP contribution in [0.1, 0.15) is 27.2 Å². The molecule has 0 aliphatic rings. The summed E-state index contributed by atoms with van der Waals surface area (Å²) in [5.74, 6) is -0.275. The van der Waals surface area contributed by atoms with Gasteiger partial charge in [-0.3, -0.25) is 9.89 Å². The number of nitrogens with zero attached hydrogens (tertiary/aromatic N) is 2. The summed E-state index contributed by atoms with van der Waals surface area (Å²) in [6.45, 7) is 0. The summed E-state index contributed by atoms with van der Waals surface area (Å²) in [7, 11) is 0. The van der Waals surface area contributed by atoms with E-state index in [0.29, 0.717) is 22.7 Å². The lowest BCUT2D eigenvalue weighted by atomic mass is 10.1. The van der Waals surface area contributed by atoms with Crippen molar-refractivity contribution in [2.24, 2.45) is 10.7 Å². The van der Waals surface area contributed by atoms with E-state index in [4.69, 9.17) is 17.3 Å². The summed E-state index contributed by atoms with van der Waals surface area (Å²) in [4.78, 5) is 16.1. The van der Waals surface area contributed by atoms with Crippen LogP contribution in [0.4, 0.5) is 5.82 Å². The second-order valence-corrected chi connectivity index (χ2v) is 5.67. The lowest BCUT2D eigenvalue weighted by Crippen LogP contribution is -2.13. The number of aromatic amines is 1. The molecule has 5 nitrogen and oxygen atoms in total. The summed E-state index contributed by atoms with van der Waals surface area (Å²) in [6.07, 6.45) is 2.14. The maximum atomic E-state index is 11.8. The maximum Gasteiger partial charge on any atom is 0.254 e. The van der Waals surface area contributed by atoms with Crippen LogP contribution in [0.25, 0.3) is 0 Å². The number of amides is 1. The van der Waals surface area contributed by atoms with Crippen molar-refractivity contribution in [3.05, 3.63) is 82.0 Å². The van der Waals surface area contributed by atoms with E-state index in [1.165, 1.54) is 0 Å². The molecule has 0 aliphatic heterocycles. The second-order valence-electron chi connectivity index (χ2n) is 5.24. The molecule has 6 heteroatoms. The van der Waals surface area contributed by atoms with Crippen molar-refractivity contribution in [1.82, 2.24) is 10.2 Å². The topological polar surface area (TPSA) is 84.1 Å². The van der Waals surface area contributed by atoms with Gasteiger partial charge in [-0.15, -0.1) is 0 Å². The van der Waals surface area contributed by atoms with Gasteiger partial charge in [0.05, 0.1) is 5.69 Å². The Balaban J connectivity index is 1.89. The van der Waals surface area contributed by atoms with Gasteiger partial charge in [0, 0.05) is 17.7 Å². The summed E-state index contributed by atoms with van der Waals surface area (Å²) >= 11 is 5.89. The molecule has 0 radical (unpaired) electrons. The number of nitrogens with one attached hydrogen (secondary N) is 1. The van der Waals surface area contributed by atoms with Crippen LogP contribution in [-0.2, 0) is 6.42 Å². The molecular weight excluding hydrogens is 324 g/mol. The fraction of sp³-hybridized carbons (Fsp3) is 0.0556. The van der Waals surface area contributed by atoms with Crippen molar-refractivity contribution in [2.75, 3.05) is 0 Å². The van der Waals surface area contributed by atoms with Gasteiger partial charge >= 0.3 is 0 Å².